The van der Waals surface area contributed by atoms with Crippen LogP contribution in [-0.4, -0.2) is 21.7 Å². The van der Waals surface area contributed by atoms with E-state index in [1.54, 1.807) is 13.1 Å². The van der Waals surface area contributed by atoms with Gasteiger partial charge in [0.15, 0.2) is 0 Å². The molecule has 1 aromatic carbocycles. The number of rotatable bonds is 2. The van der Waals surface area contributed by atoms with Gasteiger partial charge in [-0.15, -0.1) is 0 Å². The van der Waals surface area contributed by atoms with Gasteiger partial charge in [0.1, 0.15) is 11.6 Å². The van der Waals surface area contributed by atoms with Crippen LogP contribution in [0.15, 0.2) is 30.5 Å². The number of benzene rings is 1. The van der Waals surface area contributed by atoms with Gasteiger partial charge in [-0.05, 0) is 26.3 Å². The lowest BCUT2D eigenvalue weighted by Gasteiger charge is -2.25. The van der Waals surface area contributed by atoms with E-state index in [9.17, 15) is 5.11 Å². The summed E-state index contributed by atoms with van der Waals surface area (Å²) in [6.45, 7) is 4.33. The molecule has 0 aliphatic carbocycles. The van der Waals surface area contributed by atoms with Crippen molar-refractivity contribution in [2.45, 2.75) is 32.3 Å². The van der Waals surface area contributed by atoms with Crippen molar-refractivity contribution in [3.05, 3.63) is 53.1 Å². The predicted octanol–water partition coefficient (Wildman–Crippen LogP) is 2.75. The first-order valence-electron chi connectivity index (χ1n) is 6.90. The molecule has 1 N–H and O–H groups in total. The number of ether oxygens (including phenoxy) is 1. The maximum absolute atomic E-state index is 9.66. The fourth-order valence-electron chi connectivity index (χ4n) is 2.68. The number of aromatic nitrogens is 2. The van der Waals surface area contributed by atoms with Crippen molar-refractivity contribution in [2.75, 3.05) is 6.61 Å². The molecule has 1 aliphatic heterocycles. The molecule has 20 heavy (non-hydrogen) atoms. The van der Waals surface area contributed by atoms with E-state index >= 15 is 0 Å². The topological polar surface area (TPSA) is 55.2 Å². The Morgan fingerprint density at radius 3 is 2.90 bits per heavy atom. The molecule has 2 aromatic rings. The number of aliphatic hydroxyl groups is 1. The summed E-state index contributed by atoms with van der Waals surface area (Å²) < 4.78 is 5.67. The lowest BCUT2D eigenvalue weighted by Crippen LogP contribution is -2.18. The van der Waals surface area contributed by atoms with Crippen molar-refractivity contribution in [2.24, 2.45) is 0 Å². The highest BCUT2D eigenvalue weighted by Gasteiger charge is 2.25. The van der Waals surface area contributed by atoms with Crippen LogP contribution in [-0.2, 0) is 0 Å². The zero-order valence-corrected chi connectivity index (χ0v) is 11.7. The fourth-order valence-corrected chi connectivity index (χ4v) is 2.68. The monoisotopic (exact) mass is 270 g/mol. The largest absolute Gasteiger partial charge is 0.493 e. The third-order valence-corrected chi connectivity index (χ3v) is 3.76. The van der Waals surface area contributed by atoms with E-state index in [1.165, 1.54) is 0 Å². The second-order valence-corrected chi connectivity index (χ2v) is 5.17. The average Bonchev–Trinajstić information content (AvgIpc) is 2.46. The molecule has 4 heteroatoms. The van der Waals surface area contributed by atoms with Crippen molar-refractivity contribution in [1.82, 2.24) is 9.97 Å². The molecule has 1 aromatic heterocycles. The van der Waals surface area contributed by atoms with Gasteiger partial charge < -0.3 is 9.84 Å². The van der Waals surface area contributed by atoms with Crippen LogP contribution in [0.1, 0.15) is 48.0 Å². The van der Waals surface area contributed by atoms with Crippen LogP contribution in [0.5, 0.6) is 5.75 Å². The quantitative estimate of drug-likeness (QED) is 0.911. The summed E-state index contributed by atoms with van der Waals surface area (Å²) in [5.74, 6) is 1.90. The van der Waals surface area contributed by atoms with E-state index in [2.05, 4.69) is 16.0 Å². The third kappa shape index (κ3) is 2.27. The Morgan fingerprint density at radius 2 is 2.15 bits per heavy atom. The molecule has 2 heterocycles. The highest BCUT2D eigenvalue weighted by Crippen LogP contribution is 2.36. The molecular formula is C16H18N2O2. The minimum Gasteiger partial charge on any atom is -0.493 e. The van der Waals surface area contributed by atoms with E-state index in [0.717, 1.165) is 34.8 Å². The summed E-state index contributed by atoms with van der Waals surface area (Å²) in [5, 5.41) is 9.66. The lowest BCUT2D eigenvalue weighted by molar-refractivity contribution is 0.197. The average molecular weight is 270 g/mol. The Balaban J connectivity index is 2.00. The summed E-state index contributed by atoms with van der Waals surface area (Å²) in [6, 6.07) is 8.04. The second kappa shape index (κ2) is 5.21. The molecule has 0 spiro atoms. The van der Waals surface area contributed by atoms with E-state index in [0.29, 0.717) is 6.61 Å². The maximum atomic E-state index is 9.66. The summed E-state index contributed by atoms with van der Waals surface area (Å²) >= 11 is 0. The molecule has 0 saturated carbocycles. The number of para-hydroxylation sites is 1. The molecule has 4 nitrogen and oxygen atoms in total. The number of hydrogen-bond acceptors (Lipinski definition) is 4. The van der Waals surface area contributed by atoms with Crippen molar-refractivity contribution < 1.29 is 9.84 Å². The summed E-state index contributed by atoms with van der Waals surface area (Å²) in [4.78, 5) is 9.05. The molecule has 1 aliphatic rings. The van der Waals surface area contributed by atoms with E-state index in [1.807, 2.05) is 25.1 Å². The van der Waals surface area contributed by atoms with E-state index in [4.69, 9.17) is 4.74 Å². The van der Waals surface area contributed by atoms with Crippen LogP contribution < -0.4 is 4.74 Å². The first kappa shape index (κ1) is 13.1. The molecule has 0 amide bonds. The van der Waals surface area contributed by atoms with Crippen LogP contribution in [0.2, 0.25) is 0 Å². The van der Waals surface area contributed by atoms with E-state index < -0.39 is 6.10 Å². The minimum absolute atomic E-state index is 0.168. The van der Waals surface area contributed by atoms with E-state index in [-0.39, 0.29) is 5.92 Å². The van der Waals surface area contributed by atoms with Gasteiger partial charge in [-0.2, -0.15) is 0 Å². The summed E-state index contributed by atoms with van der Waals surface area (Å²) in [7, 11) is 0. The number of aryl methyl sites for hydroxylation is 1. The van der Waals surface area contributed by atoms with Gasteiger partial charge in [0.2, 0.25) is 0 Å². The molecule has 0 saturated heterocycles. The van der Waals surface area contributed by atoms with Gasteiger partial charge in [-0.25, -0.2) is 9.97 Å². The zero-order valence-electron chi connectivity index (χ0n) is 11.7. The highest BCUT2D eigenvalue weighted by atomic mass is 16.5. The van der Waals surface area contributed by atoms with Gasteiger partial charge in [0.25, 0.3) is 0 Å². The Hall–Kier alpha value is -1.94. The first-order valence-corrected chi connectivity index (χ1v) is 6.90. The standard InChI is InChI=1S/C16H18N2O2/c1-10-14(11(2)19)9-17-16(18-10)13-7-8-20-15-6-4-3-5-12(13)15/h3-6,9,11,13,19H,7-8H2,1-2H3/t11-,13?/m1/s1. The fraction of sp³-hybridized carbons (Fsp3) is 0.375. The van der Waals surface area contributed by atoms with Crippen molar-refractivity contribution in [3.63, 3.8) is 0 Å². The SMILES string of the molecule is Cc1nc(C2CCOc3ccccc32)ncc1[C@@H](C)O. The van der Waals surface area contributed by atoms with Crippen molar-refractivity contribution >= 4 is 0 Å². The Labute approximate surface area is 118 Å². The van der Waals surface area contributed by atoms with Crippen LogP contribution >= 0.6 is 0 Å². The molecule has 1 unspecified atom stereocenters. The second-order valence-electron chi connectivity index (χ2n) is 5.17. The molecular weight excluding hydrogens is 252 g/mol. The molecule has 3 rings (SSSR count). The molecule has 0 radical (unpaired) electrons. The molecule has 104 valence electrons. The van der Waals surface area contributed by atoms with Gasteiger partial charge in [0, 0.05) is 23.0 Å². The normalized spacial score (nSPS) is 19.1. The van der Waals surface area contributed by atoms with Gasteiger partial charge in [0.05, 0.1) is 18.6 Å². The van der Waals surface area contributed by atoms with Crippen molar-refractivity contribution in [1.29, 1.82) is 0 Å². The number of nitrogens with zero attached hydrogens (tertiary/aromatic N) is 2. The molecule has 0 bridgehead atoms. The Bertz CT molecular complexity index is 626. The predicted molar refractivity (Wildman–Crippen MR) is 75.8 cm³/mol. The summed E-state index contributed by atoms with van der Waals surface area (Å²) in [6.07, 6.45) is 2.08. The number of aliphatic hydroxyl groups excluding tert-OH is 1. The zero-order chi connectivity index (χ0) is 14.1. The summed E-state index contributed by atoms with van der Waals surface area (Å²) in [5.41, 5.74) is 2.77. The number of hydrogen-bond donors (Lipinski definition) is 1. The minimum atomic E-state index is -0.536. The van der Waals surface area contributed by atoms with Crippen LogP contribution in [0.3, 0.4) is 0 Å². The van der Waals surface area contributed by atoms with Crippen LogP contribution in [0, 0.1) is 6.92 Å². The van der Waals surface area contributed by atoms with Gasteiger partial charge in [-0.1, -0.05) is 18.2 Å². The van der Waals surface area contributed by atoms with Gasteiger partial charge >= 0.3 is 0 Å². The number of fused-ring (bicyclic) bond motifs is 1. The first-order chi connectivity index (χ1) is 9.66. The lowest BCUT2D eigenvalue weighted by atomic mass is 9.92. The Morgan fingerprint density at radius 1 is 1.35 bits per heavy atom. The van der Waals surface area contributed by atoms with Crippen molar-refractivity contribution in [3.8, 4) is 5.75 Å². The molecule has 0 fully saturated rings. The maximum Gasteiger partial charge on any atom is 0.136 e. The van der Waals surface area contributed by atoms with Crippen LogP contribution in [0.4, 0.5) is 0 Å². The third-order valence-electron chi connectivity index (χ3n) is 3.76. The van der Waals surface area contributed by atoms with Crippen LogP contribution in [0.25, 0.3) is 0 Å². The Kier molecular flexibility index (Phi) is 3.40. The highest BCUT2D eigenvalue weighted by molar-refractivity contribution is 5.41. The smallest absolute Gasteiger partial charge is 0.136 e. The van der Waals surface area contributed by atoms with Gasteiger partial charge in [-0.3, -0.25) is 0 Å². The molecule has 2 atom stereocenters.